The van der Waals surface area contributed by atoms with E-state index in [0.29, 0.717) is 12.5 Å². The van der Waals surface area contributed by atoms with E-state index in [1.807, 2.05) is 6.92 Å². The van der Waals surface area contributed by atoms with Gasteiger partial charge in [-0.25, -0.2) is 8.78 Å². The quantitative estimate of drug-likeness (QED) is 0.829. The first-order chi connectivity index (χ1) is 7.99. The monoisotopic (exact) mass is 243 g/mol. The number of nitrogens with one attached hydrogen (secondary N) is 1. The first kappa shape index (κ1) is 13.9. The fraction of sp³-hybridized carbons (Fsp3) is 0.538. The minimum absolute atomic E-state index is 0.0381. The third kappa shape index (κ3) is 5.13. The van der Waals surface area contributed by atoms with Crippen molar-refractivity contribution in [3.63, 3.8) is 0 Å². The molecule has 0 amide bonds. The van der Waals surface area contributed by atoms with Gasteiger partial charge in [-0.3, -0.25) is 0 Å². The molecule has 1 rings (SSSR count). The summed E-state index contributed by atoms with van der Waals surface area (Å²) in [6.07, 6.45) is -0.204. The van der Waals surface area contributed by atoms with E-state index in [1.165, 1.54) is 0 Å². The van der Waals surface area contributed by atoms with Crippen molar-refractivity contribution in [2.45, 2.75) is 26.9 Å². The number of benzene rings is 1. The van der Waals surface area contributed by atoms with Gasteiger partial charge >= 0.3 is 0 Å². The third-order valence-corrected chi connectivity index (χ3v) is 2.21. The molecule has 1 unspecified atom stereocenters. The zero-order valence-corrected chi connectivity index (χ0v) is 10.5. The van der Waals surface area contributed by atoms with Gasteiger partial charge in [-0.15, -0.1) is 0 Å². The lowest BCUT2D eigenvalue weighted by atomic mass is 10.2. The molecular weight excluding hydrogens is 224 g/mol. The van der Waals surface area contributed by atoms with Crippen molar-refractivity contribution < 1.29 is 13.5 Å². The van der Waals surface area contributed by atoms with Crippen LogP contribution >= 0.6 is 0 Å². The van der Waals surface area contributed by atoms with Gasteiger partial charge in [0.25, 0.3) is 0 Å². The van der Waals surface area contributed by atoms with Gasteiger partial charge in [0.2, 0.25) is 0 Å². The summed E-state index contributed by atoms with van der Waals surface area (Å²) >= 11 is 0. The van der Waals surface area contributed by atoms with Crippen LogP contribution in [-0.2, 0) is 0 Å². The Morgan fingerprint density at radius 1 is 1.18 bits per heavy atom. The Kier molecular flexibility index (Phi) is 5.35. The molecule has 0 aromatic heterocycles. The first-order valence-corrected chi connectivity index (χ1v) is 5.81. The lowest BCUT2D eigenvalue weighted by molar-refractivity contribution is 0.205. The zero-order chi connectivity index (χ0) is 12.8. The third-order valence-electron chi connectivity index (χ3n) is 2.21. The van der Waals surface area contributed by atoms with Crippen LogP contribution in [0.15, 0.2) is 18.2 Å². The molecule has 0 fully saturated rings. The first-order valence-electron chi connectivity index (χ1n) is 5.81. The molecule has 1 aromatic carbocycles. The summed E-state index contributed by atoms with van der Waals surface area (Å²) in [5.74, 6) is -0.525. The van der Waals surface area contributed by atoms with Gasteiger partial charge in [0.15, 0.2) is 11.6 Å². The van der Waals surface area contributed by atoms with E-state index in [0.717, 1.165) is 24.7 Å². The normalized spacial score (nSPS) is 12.8. The second-order valence-electron chi connectivity index (χ2n) is 4.56. The van der Waals surface area contributed by atoms with E-state index in [9.17, 15) is 8.78 Å². The summed E-state index contributed by atoms with van der Waals surface area (Å²) in [4.78, 5) is 0. The van der Waals surface area contributed by atoms with Crippen LogP contribution in [0.5, 0.6) is 5.75 Å². The van der Waals surface area contributed by atoms with Crippen molar-refractivity contribution >= 4 is 0 Å². The molecule has 0 aliphatic carbocycles. The Labute approximate surface area is 101 Å². The lowest BCUT2D eigenvalue weighted by Crippen LogP contribution is -2.31. The summed E-state index contributed by atoms with van der Waals surface area (Å²) in [5, 5.41) is 3.20. The summed E-state index contributed by atoms with van der Waals surface area (Å²) in [7, 11) is 0. The predicted molar refractivity (Wildman–Crippen MR) is 64.2 cm³/mol. The van der Waals surface area contributed by atoms with E-state index < -0.39 is 11.6 Å². The van der Waals surface area contributed by atoms with Crippen molar-refractivity contribution in [1.29, 1.82) is 0 Å². The van der Waals surface area contributed by atoms with Crippen LogP contribution in [0.2, 0.25) is 0 Å². The van der Waals surface area contributed by atoms with E-state index in [-0.39, 0.29) is 11.9 Å². The van der Waals surface area contributed by atoms with Crippen molar-refractivity contribution in [2.75, 3.05) is 13.1 Å². The van der Waals surface area contributed by atoms with Gasteiger partial charge < -0.3 is 10.1 Å². The van der Waals surface area contributed by atoms with Crippen LogP contribution < -0.4 is 10.1 Å². The Bertz CT molecular complexity index is 355. The van der Waals surface area contributed by atoms with Crippen molar-refractivity contribution in [1.82, 2.24) is 5.32 Å². The molecule has 1 atom stereocenters. The van der Waals surface area contributed by atoms with Crippen molar-refractivity contribution in [2.24, 2.45) is 5.92 Å². The molecule has 0 aliphatic heterocycles. The Balaban J connectivity index is 2.44. The van der Waals surface area contributed by atoms with E-state index in [1.54, 1.807) is 0 Å². The standard InChI is InChI=1S/C13H19F2NO/c1-9(2)7-16-8-10(3)17-13-6-11(14)4-5-12(13)15/h4-6,9-10,16H,7-8H2,1-3H3. The maximum absolute atomic E-state index is 13.3. The molecule has 1 aromatic rings. The molecule has 0 bridgehead atoms. The predicted octanol–water partition coefficient (Wildman–Crippen LogP) is 2.98. The number of ether oxygens (including phenoxy) is 1. The van der Waals surface area contributed by atoms with Crippen LogP contribution in [0.25, 0.3) is 0 Å². The van der Waals surface area contributed by atoms with Crippen molar-refractivity contribution in [3.8, 4) is 5.75 Å². The number of halogens is 2. The largest absolute Gasteiger partial charge is 0.486 e. The minimum atomic E-state index is -0.540. The highest BCUT2D eigenvalue weighted by Gasteiger charge is 2.09. The summed E-state index contributed by atoms with van der Waals surface area (Å²) < 4.78 is 31.5. The maximum atomic E-state index is 13.3. The van der Waals surface area contributed by atoms with E-state index in [2.05, 4.69) is 19.2 Å². The van der Waals surface area contributed by atoms with Gasteiger partial charge in [0.1, 0.15) is 11.9 Å². The Morgan fingerprint density at radius 3 is 2.53 bits per heavy atom. The number of rotatable bonds is 6. The smallest absolute Gasteiger partial charge is 0.165 e. The van der Waals surface area contributed by atoms with Gasteiger partial charge in [-0.1, -0.05) is 13.8 Å². The second-order valence-corrected chi connectivity index (χ2v) is 4.56. The molecule has 0 radical (unpaired) electrons. The Morgan fingerprint density at radius 2 is 1.88 bits per heavy atom. The fourth-order valence-corrected chi connectivity index (χ4v) is 1.40. The zero-order valence-electron chi connectivity index (χ0n) is 10.5. The maximum Gasteiger partial charge on any atom is 0.165 e. The van der Waals surface area contributed by atoms with Crippen LogP contribution in [-0.4, -0.2) is 19.2 Å². The second kappa shape index (κ2) is 6.55. The molecule has 0 aliphatic rings. The average molecular weight is 243 g/mol. The highest BCUT2D eigenvalue weighted by atomic mass is 19.1. The number of hydrogen-bond donors (Lipinski definition) is 1. The number of hydrogen-bond acceptors (Lipinski definition) is 2. The topological polar surface area (TPSA) is 21.3 Å². The highest BCUT2D eigenvalue weighted by molar-refractivity contribution is 5.25. The molecule has 2 nitrogen and oxygen atoms in total. The highest BCUT2D eigenvalue weighted by Crippen LogP contribution is 2.19. The average Bonchev–Trinajstić information content (AvgIpc) is 2.23. The van der Waals surface area contributed by atoms with Gasteiger partial charge in [-0.2, -0.15) is 0 Å². The Hall–Kier alpha value is -1.16. The van der Waals surface area contributed by atoms with Crippen LogP contribution in [0.4, 0.5) is 8.78 Å². The SMILES string of the molecule is CC(C)CNCC(C)Oc1cc(F)ccc1F. The lowest BCUT2D eigenvalue weighted by Gasteiger charge is -2.16. The molecule has 0 saturated heterocycles. The molecular formula is C13H19F2NO. The van der Waals surface area contributed by atoms with Gasteiger partial charge in [0, 0.05) is 12.6 Å². The van der Waals surface area contributed by atoms with Gasteiger partial charge in [-0.05, 0) is 31.5 Å². The fourth-order valence-electron chi connectivity index (χ4n) is 1.40. The molecule has 0 heterocycles. The minimum Gasteiger partial charge on any atom is -0.486 e. The van der Waals surface area contributed by atoms with E-state index in [4.69, 9.17) is 4.74 Å². The van der Waals surface area contributed by atoms with Crippen LogP contribution in [0, 0.1) is 17.6 Å². The molecule has 0 saturated carbocycles. The van der Waals surface area contributed by atoms with Crippen LogP contribution in [0.3, 0.4) is 0 Å². The summed E-state index contributed by atoms with van der Waals surface area (Å²) in [6.45, 7) is 7.50. The molecule has 17 heavy (non-hydrogen) atoms. The molecule has 1 N–H and O–H groups in total. The van der Waals surface area contributed by atoms with Crippen LogP contribution in [0.1, 0.15) is 20.8 Å². The summed E-state index contributed by atoms with van der Waals surface area (Å²) in [6, 6.07) is 3.21. The molecule has 96 valence electrons. The van der Waals surface area contributed by atoms with Crippen molar-refractivity contribution in [3.05, 3.63) is 29.8 Å². The van der Waals surface area contributed by atoms with Gasteiger partial charge in [0.05, 0.1) is 0 Å². The summed E-state index contributed by atoms with van der Waals surface area (Å²) in [5.41, 5.74) is 0. The van der Waals surface area contributed by atoms with E-state index >= 15 is 0 Å². The molecule has 4 heteroatoms. The molecule has 0 spiro atoms.